The van der Waals surface area contributed by atoms with E-state index in [9.17, 15) is 0 Å². The van der Waals surface area contributed by atoms with E-state index < -0.39 is 0 Å². The molecule has 5 heteroatoms. The van der Waals surface area contributed by atoms with Crippen molar-refractivity contribution in [2.45, 2.75) is 45.8 Å². The zero-order valence-corrected chi connectivity index (χ0v) is 15.6. The predicted octanol–water partition coefficient (Wildman–Crippen LogP) is 4.09. The van der Waals surface area contributed by atoms with E-state index in [1.54, 1.807) is 0 Å². The van der Waals surface area contributed by atoms with Gasteiger partial charge in [-0.25, -0.2) is 0 Å². The maximum absolute atomic E-state index is 5.65. The Morgan fingerprint density at radius 2 is 2.00 bits per heavy atom. The summed E-state index contributed by atoms with van der Waals surface area (Å²) in [6.45, 7) is 9.79. The zero-order chi connectivity index (χ0) is 17.3. The maximum atomic E-state index is 5.65. The molecule has 0 aliphatic carbocycles. The molecule has 4 nitrogen and oxygen atoms in total. The summed E-state index contributed by atoms with van der Waals surface area (Å²) in [6.07, 6.45) is 6.25. The van der Waals surface area contributed by atoms with Crippen molar-refractivity contribution in [1.29, 1.82) is 0 Å². The van der Waals surface area contributed by atoms with Crippen LogP contribution in [0.25, 0.3) is 0 Å². The molecule has 0 aromatic carbocycles. The molecule has 0 bridgehead atoms. The van der Waals surface area contributed by atoms with Crippen molar-refractivity contribution in [3.8, 4) is 0 Å². The van der Waals surface area contributed by atoms with E-state index in [4.69, 9.17) is 12.2 Å². The van der Waals surface area contributed by atoms with Gasteiger partial charge in [0.1, 0.15) is 0 Å². The molecule has 24 heavy (non-hydrogen) atoms. The normalized spacial score (nSPS) is 20.9. The summed E-state index contributed by atoms with van der Waals surface area (Å²) in [5, 5.41) is 4.32. The number of rotatable bonds is 5. The molecule has 0 spiro atoms. The van der Waals surface area contributed by atoms with Crippen LogP contribution in [-0.2, 0) is 0 Å². The van der Waals surface area contributed by atoms with Crippen molar-refractivity contribution in [2.75, 3.05) is 6.54 Å². The molecule has 2 aromatic rings. The topological polar surface area (TPSA) is 33.1 Å². The lowest BCUT2D eigenvalue weighted by molar-refractivity contribution is 0.287. The van der Waals surface area contributed by atoms with Crippen molar-refractivity contribution in [2.24, 2.45) is 5.92 Å². The second-order valence-corrected chi connectivity index (χ2v) is 7.55. The van der Waals surface area contributed by atoms with Crippen molar-refractivity contribution in [1.82, 2.24) is 19.8 Å². The molecule has 1 aliphatic rings. The first kappa shape index (κ1) is 17.0. The minimum atomic E-state index is 0.0838. The smallest absolute Gasteiger partial charge is 0.170 e. The summed E-state index contributed by atoms with van der Waals surface area (Å²) < 4.78 is 2.25. The molecule has 128 valence electrons. The SMILES string of the molecule is CC(C)CN1C(=S)NC(c2ccccn2)C1c1ccn(C(C)C)c1. The lowest BCUT2D eigenvalue weighted by Crippen LogP contribution is -2.32. The van der Waals surface area contributed by atoms with E-state index in [1.807, 2.05) is 18.3 Å². The van der Waals surface area contributed by atoms with Crippen molar-refractivity contribution >= 4 is 17.3 Å². The molecular formula is C19H26N4S. The van der Waals surface area contributed by atoms with Crippen LogP contribution in [0, 0.1) is 5.92 Å². The average molecular weight is 343 g/mol. The first-order valence-corrected chi connectivity index (χ1v) is 9.03. The van der Waals surface area contributed by atoms with Crippen LogP contribution in [0.15, 0.2) is 42.9 Å². The fourth-order valence-corrected chi connectivity index (χ4v) is 3.60. The number of hydrogen-bond acceptors (Lipinski definition) is 2. The lowest BCUT2D eigenvalue weighted by atomic mass is 9.98. The Morgan fingerprint density at radius 3 is 2.58 bits per heavy atom. The van der Waals surface area contributed by atoms with Gasteiger partial charge in [0.2, 0.25) is 0 Å². The van der Waals surface area contributed by atoms with Crippen LogP contribution in [0.3, 0.4) is 0 Å². The van der Waals surface area contributed by atoms with Crippen LogP contribution < -0.4 is 5.32 Å². The number of nitrogens with zero attached hydrogens (tertiary/aromatic N) is 3. The van der Waals surface area contributed by atoms with Gasteiger partial charge in [0.05, 0.1) is 17.8 Å². The zero-order valence-electron chi connectivity index (χ0n) is 14.8. The highest BCUT2D eigenvalue weighted by atomic mass is 32.1. The standard InChI is InChI=1S/C19H26N4S/c1-13(2)11-23-18(15-8-10-22(12-15)14(3)4)17(21-19(23)24)16-7-5-6-9-20-16/h5-10,12-14,17-18H,11H2,1-4H3,(H,21,24). The fourth-order valence-electron chi connectivity index (χ4n) is 3.29. The number of thiocarbonyl (C=S) groups is 1. The van der Waals surface area contributed by atoms with Crippen LogP contribution in [0.5, 0.6) is 0 Å². The third-order valence-corrected chi connectivity index (χ3v) is 4.79. The van der Waals surface area contributed by atoms with Crippen LogP contribution in [-0.4, -0.2) is 26.1 Å². The quantitative estimate of drug-likeness (QED) is 0.830. The maximum Gasteiger partial charge on any atom is 0.170 e. The van der Waals surface area contributed by atoms with Gasteiger partial charge in [-0.1, -0.05) is 19.9 Å². The van der Waals surface area contributed by atoms with E-state index in [2.05, 4.69) is 72.0 Å². The summed E-state index contributed by atoms with van der Waals surface area (Å²) in [7, 11) is 0. The molecule has 3 rings (SSSR count). The highest BCUT2D eigenvalue weighted by Gasteiger charge is 2.40. The molecule has 2 aromatic heterocycles. The summed E-state index contributed by atoms with van der Waals surface area (Å²) in [5.41, 5.74) is 2.32. The molecule has 0 amide bonds. The third kappa shape index (κ3) is 3.31. The Balaban J connectivity index is 2.00. The number of nitrogens with one attached hydrogen (secondary N) is 1. The van der Waals surface area contributed by atoms with Gasteiger partial charge in [-0.05, 0) is 55.7 Å². The summed E-state index contributed by atoms with van der Waals surface area (Å²) in [6, 6.07) is 8.98. The van der Waals surface area contributed by atoms with Gasteiger partial charge in [0.15, 0.2) is 5.11 Å². The van der Waals surface area contributed by atoms with Gasteiger partial charge in [-0.3, -0.25) is 4.98 Å². The molecular weight excluding hydrogens is 316 g/mol. The molecule has 1 saturated heterocycles. The van der Waals surface area contributed by atoms with Crippen LogP contribution in [0.1, 0.15) is 57.1 Å². The number of hydrogen-bond donors (Lipinski definition) is 1. The summed E-state index contributed by atoms with van der Waals surface area (Å²) in [4.78, 5) is 6.89. The molecule has 0 saturated carbocycles. The van der Waals surface area contributed by atoms with E-state index >= 15 is 0 Å². The molecule has 3 heterocycles. The van der Waals surface area contributed by atoms with Crippen LogP contribution >= 0.6 is 12.2 Å². The minimum absolute atomic E-state index is 0.0838. The molecule has 0 radical (unpaired) electrons. The fraction of sp³-hybridized carbons (Fsp3) is 0.474. The molecule has 2 atom stereocenters. The van der Waals surface area contributed by atoms with Crippen LogP contribution in [0.2, 0.25) is 0 Å². The van der Waals surface area contributed by atoms with Crippen LogP contribution in [0.4, 0.5) is 0 Å². The molecule has 2 unspecified atom stereocenters. The van der Waals surface area contributed by atoms with E-state index in [1.165, 1.54) is 5.56 Å². The summed E-state index contributed by atoms with van der Waals surface area (Å²) in [5.74, 6) is 0.543. The molecule has 1 fully saturated rings. The number of pyridine rings is 1. The van der Waals surface area contributed by atoms with Gasteiger partial charge >= 0.3 is 0 Å². The van der Waals surface area contributed by atoms with E-state index in [-0.39, 0.29) is 12.1 Å². The van der Waals surface area contributed by atoms with Crippen molar-refractivity contribution < 1.29 is 0 Å². The van der Waals surface area contributed by atoms with Crippen molar-refractivity contribution in [3.05, 3.63) is 54.1 Å². The van der Waals surface area contributed by atoms with Gasteiger partial charge in [0.25, 0.3) is 0 Å². The Morgan fingerprint density at radius 1 is 1.21 bits per heavy atom. The van der Waals surface area contributed by atoms with Gasteiger partial charge in [0, 0.05) is 31.2 Å². The largest absolute Gasteiger partial charge is 0.352 e. The average Bonchev–Trinajstić information content (AvgIpc) is 3.14. The van der Waals surface area contributed by atoms with Gasteiger partial charge in [-0.15, -0.1) is 0 Å². The number of aromatic nitrogens is 2. The first-order valence-electron chi connectivity index (χ1n) is 8.62. The van der Waals surface area contributed by atoms with Gasteiger partial charge < -0.3 is 14.8 Å². The highest BCUT2D eigenvalue weighted by Crippen LogP contribution is 2.39. The lowest BCUT2D eigenvalue weighted by Gasteiger charge is -2.28. The predicted molar refractivity (Wildman–Crippen MR) is 102 cm³/mol. The summed E-state index contributed by atoms with van der Waals surface area (Å²) >= 11 is 5.65. The second kappa shape index (κ2) is 6.93. The Kier molecular flexibility index (Phi) is 4.90. The van der Waals surface area contributed by atoms with Crippen molar-refractivity contribution in [3.63, 3.8) is 0 Å². The Bertz CT molecular complexity index is 692. The van der Waals surface area contributed by atoms with E-state index in [0.29, 0.717) is 12.0 Å². The van der Waals surface area contributed by atoms with Gasteiger partial charge in [-0.2, -0.15) is 0 Å². The highest BCUT2D eigenvalue weighted by molar-refractivity contribution is 7.80. The second-order valence-electron chi connectivity index (χ2n) is 7.16. The molecule has 1 N–H and O–H groups in total. The first-order chi connectivity index (χ1) is 11.5. The Labute approximate surface area is 149 Å². The Hall–Kier alpha value is -1.88. The monoisotopic (exact) mass is 342 g/mol. The third-order valence-electron chi connectivity index (χ3n) is 4.43. The van der Waals surface area contributed by atoms with E-state index in [0.717, 1.165) is 17.4 Å². The molecule has 1 aliphatic heterocycles. The minimum Gasteiger partial charge on any atom is -0.352 e.